The van der Waals surface area contributed by atoms with Crippen LogP contribution < -0.4 is 5.73 Å². The number of hydrogen-bond acceptors (Lipinski definition) is 10. The number of Topliss-reactive ketones (excluding diaryl/α,β-unsaturated/α-hetero) is 2. The molecule has 0 bridgehead atoms. The van der Waals surface area contributed by atoms with Crippen molar-refractivity contribution >= 4 is 35.0 Å². The molecule has 0 spiro atoms. The Morgan fingerprint density at radius 2 is 1.73 bits per heavy atom. The van der Waals surface area contributed by atoms with Gasteiger partial charge >= 0.3 is 0 Å². The largest absolute Gasteiger partial charge is 0.508 e. The van der Waals surface area contributed by atoms with Gasteiger partial charge in [-0.05, 0) is 31.3 Å². The Kier molecular flexibility index (Phi) is 7.03. The number of benzene rings is 2. The average Bonchev–Trinajstić information content (AvgIpc) is 2.90. The van der Waals surface area contributed by atoms with Gasteiger partial charge < -0.3 is 31.3 Å². The number of likely N-dealkylation sites (N-methyl/N-ethyl adjacent to an activating group) is 1. The van der Waals surface area contributed by atoms with E-state index in [-0.39, 0.29) is 11.3 Å². The van der Waals surface area contributed by atoms with Crippen LogP contribution in [0.5, 0.6) is 5.75 Å². The minimum Gasteiger partial charge on any atom is -0.508 e. The number of fused-ring (bicyclic) bond motifs is 3. The summed E-state index contributed by atoms with van der Waals surface area (Å²) < 4.78 is 0. The van der Waals surface area contributed by atoms with Crippen molar-refractivity contribution in [1.82, 2.24) is 4.90 Å². The summed E-state index contributed by atoms with van der Waals surface area (Å²) in [6.07, 6.45) is -1.63. The van der Waals surface area contributed by atoms with Gasteiger partial charge in [-0.1, -0.05) is 42.5 Å². The number of aromatic hydroxyl groups is 1. The quantitative estimate of drug-likeness (QED) is 0.280. The fourth-order valence-electron chi connectivity index (χ4n) is 6.47. The van der Waals surface area contributed by atoms with E-state index in [2.05, 4.69) is 0 Å². The summed E-state index contributed by atoms with van der Waals surface area (Å²) in [5.74, 6) is -8.04. The van der Waals surface area contributed by atoms with Gasteiger partial charge in [-0.3, -0.25) is 19.3 Å². The minimum absolute atomic E-state index is 0.0173. The smallest absolute Gasteiger partial charge is 0.255 e. The summed E-state index contributed by atoms with van der Waals surface area (Å²) in [5.41, 5.74) is 2.61. The highest BCUT2D eigenvalue weighted by Gasteiger charge is 2.68. The van der Waals surface area contributed by atoms with E-state index in [1.807, 2.05) is 30.3 Å². The molecule has 0 aromatic heterocycles. The molecule has 1 fully saturated rings. The molecule has 7 N–H and O–H groups in total. The molecular formula is C29H30N2O8S. The average molecular weight is 567 g/mol. The van der Waals surface area contributed by atoms with Gasteiger partial charge in [-0.15, -0.1) is 0 Å². The number of carbonyl (C=O) groups is 3. The van der Waals surface area contributed by atoms with Crippen molar-refractivity contribution in [2.24, 2.45) is 17.6 Å². The molecule has 1 amide bonds. The highest BCUT2D eigenvalue weighted by Crippen LogP contribution is 2.56. The van der Waals surface area contributed by atoms with Gasteiger partial charge in [0, 0.05) is 28.9 Å². The van der Waals surface area contributed by atoms with E-state index in [9.17, 15) is 39.9 Å². The highest BCUT2D eigenvalue weighted by atomic mass is 32.2. The van der Waals surface area contributed by atoms with Crippen molar-refractivity contribution < 1.29 is 39.9 Å². The molecule has 3 aliphatic carbocycles. The second-order valence-corrected chi connectivity index (χ2v) is 11.6. The molecule has 0 radical (unpaired) electrons. The van der Waals surface area contributed by atoms with E-state index in [1.54, 1.807) is 12.1 Å². The summed E-state index contributed by atoms with van der Waals surface area (Å²) in [5, 5.41) is 56.8. The summed E-state index contributed by atoms with van der Waals surface area (Å²) in [6, 6.07) is 12.9. The molecule has 0 aliphatic heterocycles. The molecule has 0 saturated heterocycles. The molecule has 40 heavy (non-hydrogen) atoms. The SMILES string of the molecule is CN(C)[C@H]1C(=O)C(C(N)=O)=C(O)[C@]2(O)C(=O)C3=C(O)c4c(O)cccc4[C@@H](CSCc4ccccc4)[C@@H]3[C@@H](O)[C@H]12. The highest BCUT2D eigenvalue weighted by molar-refractivity contribution is 7.98. The number of nitrogens with two attached hydrogens (primary N) is 1. The monoisotopic (exact) mass is 566 g/mol. The molecule has 2 aromatic carbocycles. The zero-order chi connectivity index (χ0) is 29.1. The van der Waals surface area contributed by atoms with E-state index < -0.39 is 75.6 Å². The molecule has 210 valence electrons. The van der Waals surface area contributed by atoms with Crippen molar-refractivity contribution in [3.05, 3.63) is 82.1 Å². The first kappa shape index (κ1) is 27.9. The third-order valence-corrected chi connectivity index (χ3v) is 9.34. The number of aliphatic hydroxyl groups excluding tert-OH is 3. The molecule has 11 heteroatoms. The van der Waals surface area contributed by atoms with Crippen LogP contribution in [0.1, 0.15) is 22.6 Å². The summed E-state index contributed by atoms with van der Waals surface area (Å²) >= 11 is 1.52. The lowest BCUT2D eigenvalue weighted by Crippen LogP contribution is -2.70. The van der Waals surface area contributed by atoms with E-state index in [0.717, 1.165) is 5.56 Å². The lowest BCUT2D eigenvalue weighted by Gasteiger charge is -2.54. The minimum atomic E-state index is -2.93. The number of thioether (sulfide) groups is 1. The molecule has 0 heterocycles. The summed E-state index contributed by atoms with van der Waals surface area (Å²) in [7, 11) is 2.96. The van der Waals surface area contributed by atoms with Crippen LogP contribution in [-0.4, -0.2) is 85.5 Å². The van der Waals surface area contributed by atoms with Crippen LogP contribution >= 0.6 is 11.8 Å². The fourth-order valence-corrected chi connectivity index (χ4v) is 7.66. The van der Waals surface area contributed by atoms with Crippen LogP contribution in [0.15, 0.2) is 65.4 Å². The first-order valence-corrected chi connectivity index (χ1v) is 13.8. The number of aliphatic hydroxyl groups is 4. The Morgan fingerprint density at radius 3 is 2.35 bits per heavy atom. The van der Waals surface area contributed by atoms with Crippen molar-refractivity contribution in [2.45, 2.75) is 29.4 Å². The van der Waals surface area contributed by atoms with Crippen LogP contribution in [0, 0.1) is 11.8 Å². The van der Waals surface area contributed by atoms with Crippen LogP contribution in [-0.2, 0) is 20.1 Å². The first-order valence-electron chi connectivity index (χ1n) is 12.7. The van der Waals surface area contributed by atoms with Gasteiger partial charge in [0.15, 0.2) is 11.4 Å². The summed E-state index contributed by atoms with van der Waals surface area (Å²) in [6.45, 7) is 0. The topological polar surface area (TPSA) is 182 Å². The standard InChI is InChI=1S/C29H30N2O8S/c1-31(2)22-21-24(34)18-15(12-40-11-13-7-4-3-5-8-13)14-9-6-10-16(32)17(14)23(33)19(18)26(36)29(21,39)27(37)20(25(22)35)28(30)38/h3-10,15,18,21-22,24,32-34,37,39H,11-12H2,1-2H3,(H2,30,38)/t15-,18+,21+,22-,24-,29-/m1/s1. The second-order valence-electron chi connectivity index (χ2n) is 10.6. The number of ketones is 2. The maximum atomic E-state index is 14.1. The van der Waals surface area contributed by atoms with Crippen LogP contribution in [0.4, 0.5) is 0 Å². The van der Waals surface area contributed by atoms with E-state index in [1.165, 1.54) is 36.8 Å². The number of phenolic OH excluding ortho intramolecular Hbond substituents is 1. The van der Waals surface area contributed by atoms with Crippen molar-refractivity contribution in [3.8, 4) is 5.75 Å². The number of primary amides is 1. The zero-order valence-electron chi connectivity index (χ0n) is 21.8. The molecule has 2 aromatic rings. The lowest BCUT2D eigenvalue weighted by molar-refractivity contribution is -0.169. The van der Waals surface area contributed by atoms with Crippen LogP contribution in [0.25, 0.3) is 5.76 Å². The van der Waals surface area contributed by atoms with E-state index in [4.69, 9.17) is 5.73 Å². The Hall–Kier alpha value is -3.64. The van der Waals surface area contributed by atoms with Gasteiger partial charge in [0.25, 0.3) is 5.91 Å². The van der Waals surface area contributed by atoms with Crippen molar-refractivity contribution in [3.63, 3.8) is 0 Å². The molecule has 0 unspecified atom stereocenters. The van der Waals surface area contributed by atoms with Crippen LogP contribution in [0.3, 0.4) is 0 Å². The van der Waals surface area contributed by atoms with E-state index >= 15 is 0 Å². The normalized spacial score (nSPS) is 29.8. The Morgan fingerprint density at radius 1 is 1.05 bits per heavy atom. The van der Waals surface area contributed by atoms with Gasteiger partial charge in [-0.25, -0.2) is 0 Å². The van der Waals surface area contributed by atoms with Gasteiger partial charge in [0.2, 0.25) is 5.78 Å². The number of amides is 1. The Bertz CT molecular complexity index is 1470. The van der Waals surface area contributed by atoms with Gasteiger partial charge in [-0.2, -0.15) is 11.8 Å². The van der Waals surface area contributed by atoms with E-state index in [0.29, 0.717) is 17.1 Å². The third-order valence-electron chi connectivity index (χ3n) is 8.21. The predicted molar refractivity (Wildman–Crippen MR) is 147 cm³/mol. The maximum absolute atomic E-state index is 14.1. The third kappa shape index (κ3) is 3.95. The Balaban J connectivity index is 1.69. The lowest BCUT2D eigenvalue weighted by atomic mass is 9.54. The van der Waals surface area contributed by atoms with Gasteiger partial charge in [0.1, 0.15) is 22.8 Å². The van der Waals surface area contributed by atoms with Crippen molar-refractivity contribution in [1.29, 1.82) is 0 Å². The fraction of sp³-hybridized carbons (Fsp3) is 0.345. The summed E-state index contributed by atoms with van der Waals surface area (Å²) in [4.78, 5) is 41.0. The molecule has 5 rings (SSSR count). The molecule has 6 atom stereocenters. The second kappa shape index (κ2) is 10.1. The molecule has 10 nitrogen and oxygen atoms in total. The molecule has 1 saturated carbocycles. The number of rotatable bonds is 6. The zero-order valence-corrected chi connectivity index (χ0v) is 22.6. The maximum Gasteiger partial charge on any atom is 0.255 e. The number of phenols is 1. The predicted octanol–water partition coefficient (Wildman–Crippen LogP) is 1.41. The van der Waals surface area contributed by atoms with Crippen LogP contribution in [0.2, 0.25) is 0 Å². The number of nitrogens with zero attached hydrogens (tertiary/aromatic N) is 1. The number of hydrogen-bond donors (Lipinski definition) is 6. The molecule has 3 aliphatic rings. The molecular weight excluding hydrogens is 536 g/mol. The van der Waals surface area contributed by atoms with Gasteiger partial charge in [0.05, 0.1) is 23.6 Å². The number of carbonyl (C=O) groups excluding carboxylic acids is 3. The van der Waals surface area contributed by atoms with Crippen molar-refractivity contribution in [2.75, 3.05) is 19.8 Å². The first-order chi connectivity index (χ1) is 18.9. The Labute approximate surface area is 234 Å².